The fourth-order valence-electron chi connectivity index (χ4n) is 5.02. The van der Waals surface area contributed by atoms with Crippen LogP contribution in [0.15, 0.2) is 82.5 Å². The first kappa shape index (κ1) is 68.5. The largest absolute Gasteiger partial charge is 1.00 e. The van der Waals surface area contributed by atoms with E-state index in [1.165, 1.54) is 0 Å². The summed E-state index contributed by atoms with van der Waals surface area (Å²) >= 11 is 0.221. The molecule has 4 aromatic carbocycles. The first-order valence-electron chi connectivity index (χ1n) is 15.9. The molecule has 0 aliphatic heterocycles. The zero-order chi connectivity index (χ0) is 46.0. The second-order valence-electron chi connectivity index (χ2n) is 11.3. The number of benzene rings is 4. The maximum absolute atomic E-state index is 13.1. The zero-order valence-corrected chi connectivity index (χ0v) is 48.1. The van der Waals surface area contributed by atoms with E-state index in [9.17, 15) is 58.4 Å². The molecular formula is C30H31N5Na4O22S6. The van der Waals surface area contributed by atoms with Crippen LogP contribution in [-0.2, 0) is 67.3 Å². The van der Waals surface area contributed by atoms with E-state index >= 15 is 0 Å². The van der Waals surface area contributed by atoms with Crippen LogP contribution in [-0.4, -0.2) is 93.9 Å². The number of ether oxygens (including phenoxy) is 3. The number of aromatic hydroxyl groups is 1. The van der Waals surface area contributed by atoms with Crippen LogP contribution >= 0.6 is 24.4 Å². The van der Waals surface area contributed by atoms with E-state index < -0.39 is 113 Å². The van der Waals surface area contributed by atoms with Gasteiger partial charge in [-0.3, -0.25) is 18.4 Å². The molecule has 0 spiro atoms. The van der Waals surface area contributed by atoms with Crippen LogP contribution in [0.5, 0.6) is 23.0 Å². The SMILES string of the molecule is C.COc1ccc(S(=O)(=O)CCOS(=O)(=O)[O-])cc1N=Nc1c(S(=O)(=O)[O-])cc2cc(SOO[O-])c(N=Nc3cc(OC)c(S(=O)(=O)CCOSOO[O-])cc3OC)c(O)c2c1N.[Na+].[Na+].[Na+].[Na+]. The van der Waals surface area contributed by atoms with Gasteiger partial charge >= 0.3 is 118 Å². The standard InChI is InChI=1S/C29H31N5O22S6.CH4.4Na/c1-48-19-5-4-16(59(38,39)9-7-52-62(45,46)47)12-17(19)31-34-28-24(61(42,43)44)11-15-10-22(57-55-53-36)27(29(35)25(15)26(28)30)33-32-18-13-21(50-3)23(14-20(18)49-2)60(40,41)8-6-51-58-56-54-37;;;;;/h4-5,10-14,35-37H,6-9,30H2,1-3H3,(H,42,43,44)(H,45,46,47);1H4;;;;/q;;4*+1/p-4. The summed E-state index contributed by atoms with van der Waals surface area (Å²) in [6.45, 7) is -1.51. The zero-order valence-electron chi connectivity index (χ0n) is 35.2. The molecule has 0 aliphatic rings. The average molecular weight is 1100 g/mol. The van der Waals surface area contributed by atoms with E-state index in [4.69, 9.17) is 24.1 Å². The molecule has 0 fully saturated rings. The van der Waals surface area contributed by atoms with Crippen LogP contribution in [0.2, 0.25) is 0 Å². The third-order valence-corrected chi connectivity index (χ3v) is 13.3. The number of hydrogen-bond donors (Lipinski definition) is 2. The molecule has 0 aliphatic carbocycles. The van der Waals surface area contributed by atoms with Crippen LogP contribution in [0, 0.1) is 0 Å². The fraction of sp³-hybridized carbons (Fsp3) is 0.267. The number of hydrogen-bond acceptors (Lipinski definition) is 29. The molecule has 0 amide bonds. The molecule has 37 heteroatoms. The van der Waals surface area contributed by atoms with Gasteiger partial charge in [0.2, 0.25) is 10.4 Å². The second kappa shape index (κ2) is 30.5. The molecule has 0 saturated heterocycles. The summed E-state index contributed by atoms with van der Waals surface area (Å²) < 4.78 is 154. The Morgan fingerprint density at radius 3 is 1.79 bits per heavy atom. The van der Waals surface area contributed by atoms with Gasteiger partial charge in [-0.2, -0.15) is 4.33 Å². The van der Waals surface area contributed by atoms with E-state index in [1.54, 1.807) is 0 Å². The second-order valence-corrected chi connectivity index (χ2v) is 19.1. The Labute approximate surface area is 480 Å². The van der Waals surface area contributed by atoms with Crippen LogP contribution in [0.1, 0.15) is 7.43 Å². The van der Waals surface area contributed by atoms with Crippen LogP contribution in [0.3, 0.4) is 0 Å². The number of fused-ring (bicyclic) bond motifs is 1. The van der Waals surface area contributed by atoms with Crippen molar-refractivity contribution in [3.8, 4) is 23.0 Å². The fourth-order valence-corrected chi connectivity index (χ4v) is 9.25. The van der Waals surface area contributed by atoms with Gasteiger partial charge in [0, 0.05) is 12.1 Å². The van der Waals surface area contributed by atoms with Crippen molar-refractivity contribution in [1.29, 1.82) is 0 Å². The summed E-state index contributed by atoms with van der Waals surface area (Å²) in [4.78, 5) is -2.34. The summed E-state index contributed by atoms with van der Waals surface area (Å²) in [7, 11) is -15.8. The van der Waals surface area contributed by atoms with Crippen LogP contribution in [0.25, 0.3) is 10.8 Å². The van der Waals surface area contributed by atoms with E-state index in [-0.39, 0.29) is 183 Å². The average Bonchev–Trinajstić information content (AvgIpc) is 3.20. The first-order chi connectivity index (χ1) is 29.1. The molecule has 67 heavy (non-hydrogen) atoms. The Bertz CT molecular complexity index is 2830. The van der Waals surface area contributed by atoms with Gasteiger partial charge in [0.05, 0.1) is 83.9 Å². The number of sulfone groups is 2. The molecular weight excluding hydrogens is 1070 g/mol. The first-order valence-corrected chi connectivity index (χ1v) is 23.4. The van der Waals surface area contributed by atoms with E-state index in [2.05, 4.69) is 43.4 Å². The Balaban J connectivity index is 0. The van der Waals surface area contributed by atoms with Crippen molar-refractivity contribution in [2.45, 2.75) is 27.0 Å². The number of phenolic OH excluding ortho intramolecular Hbond substituents is 1. The van der Waals surface area contributed by atoms with Crippen molar-refractivity contribution < 1.29 is 218 Å². The Kier molecular flexibility index (Phi) is 31.2. The molecule has 0 radical (unpaired) electrons. The van der Waals surface area contributed by atoms with Crippen molar-refractivity contribution in [3.63, 3.8) is 0 Å². The predicted molar refractivity (Wildman–Crippen MR) is 209 cm³/mol. The molecule has 0 heterocycles. The molecule has 0 saturated carbocycles. The molecule has 0 atom stereocenters. The topological polar surface area (TPSA) is 408 Å². The summed E-state index contributed by atoms with van der Waals surface area (Å²) in [5, 5.41) is 53.6. The summed E-state index contributed by atoms with van der Waals surface area (Å²) in [5.41, 5.74) is 3.53. The smallest absolute Gasteiger partial charge is 0.744 e. The number of phenols is 1. The molecule has 0 bridgehead atoms. The minimum atomic E-state index is -5.49. The summed E-state index contributed by atoms with van der Waals surface area (Å²) in [6, 6.07) is 6.84. The number of nitrogen functional groups attached to an aromatic ring is 1. The van der Waals surface area contributed by atoms with Crippen molar-refractivity contribution >= 4 is 104 Å². The molecule has 0 unspecified atom stereocenters. The molecule has 348 valence electrons. The third kappa shape index (κ3) is 18.8. The van der Waals surface area contributed by atoms with Gasteiger partial charge in [-0.1, -0.05) is 7.43 Å². The summed E-state index contributed by atoms with van der Waals surface area (Å²) in [5.74, 6) is -3.19. The van der Waals surface area contributed by atoms with Gasteiger partial charge < -0.3 is 44.7 Å². The van der Waals surface area contributed by atoms with Crippen LogP contribution in [0.4, 0.5) is 28.4 Å². The van der Waals surface area contributed by atoms with Crippen LogP contribution < -0.4 is 149 Å². The Morgan fingerprint density at radius 1 is 0.672 bits per heavy atom. The number of rotatable bonds is 23. The maximum atomic E-state index is 13.1. The quantitative estimate of drug-likeness (QED) is 0.00801. The molecule has 0 aromatic heterocycles. The minimum absolute atomic E-state index is 0. The number of nitrogens with zero attached hydrogens (tertiary/aromatic N) is 4. The third-order valence-electron chi connectivity index (χ3n) is 7.68. The van der Waals surface area contributed by atoms with Gasteiger partial charge in [-0.05, 0) is 35.7 Å². The van der Waals surface area contributed by atoms with Gasteiger partial charge in [-0.15, -0.1) is 24.8 Å². The summed E-state index contributed by atoms with van der Waals surface area (Å²) in [6.07, 6.45) is 0. The predicted octanol–water partition coefficient (Wildman–Crippen LogP) is -9.40. The normalized spacial score (nSPS) is 11.8. The van der Waals surface area contributed by atoms with Gasteiger partial charge in [-0.25, -0.2) is 33.7 Å². The molecule has 27 nitrogen and oxygen atoms in total. The number of methoxy groups -OCH3 is 3. The van der Waals surface area contributed by atoms with Gasteiger partial charge in [0.1, 0.15) is 55.0 Å². The maximum Gasteiger partial charge on any atom is 1.00 e. The molecule has 3 N–H and O–H groups in total. The molecule has 4 aromatic rings. The van der Waals surface area contributed by atoms with E-state index in [0.29, 0.717) is 0 Å². The minimum Gasteiger partial charge on any atom is -0.744 e. The van der Waals surface area contributed by atoms with E-state index in [0.717, 1.165) is 63.8 Å². The van der Waals surface area contributed by atoms with Crippen molar-refractivity contribution in [2.24, 2.45) is 20.5 Å². The Hall–Kier alpha value is -0.560. The van der Waals surface area contributed by atoms with Gasteiger partial charge in [0.25, 0.3) is 0 Å². The van der Waals surface area contributed by atoms with Crippen molar-refractivity contribution in [3.05, 3.63) is 42.5 Å². The molecule has 4 rings (SSSR count). The number of nitrogens with two attached hydrogens (primary N) is 1. The van der Waals surface area contributed by atoms with Gasteiger partial charge in [0.15, 0.2) is 37.7 Å². The Morgan fingerprint density at radius 2 is 1.24 bits per heavy atom. The van der Waals surface area contributed by atoms with E-state index in [1.807, 2.05) is 0 Å². The number of azo groups is 2. The number of anilines is 1. The van der Waals surface area contributed by atoms with Crippen molar-refractivity contribution in [1.82, 2.24) is 0 Å². The van der Waals surface area contributed by atoms with Crippen molar-refractivity contribution in [2.75, 3.05) is 51.8 Å². The monoisotopic (exact) mass is 1100 g/mol.